The number of hydrogen-bond acceptors (Lipinski definition) is 5. The Morgan fingerprint density at radius 1 is 1.62 bits per heavy atom. The van der Waals surface area contributed by atoms with Crippen molar-refractivity contribution in [3.8, 4) is 0 Å². The van der Waals surface area contributed by atoms with Gasteiger partial charge in [-0.05, 0) is 12.1 Å². The van der Waals surface area contributed by atoms with Crippen molar-refractivity contribution < 1.29 is 9.90 Å². The normalized spacial score (nSPS) is 10.5. The average Bonchev–Trinajstić information content (AvgIpc) is 2.45. The van der Waals surface area contributed by atoms with E-state index in [1.807, 2.05) is 0 Å². The monoisotopic (exact) mass is 193 g/mol. The van der Waals surface area contributed by atoms with E-state index in [0.717, 1.165) is 11.3 Å². The Labute approximate surface area is 77.6 Å². The van der Waals surface area contributed by atoms with E-state index in [1.54, 1.807) is 18.3 Å². The van der Waals surface area contributed by atoms with Crippen molar-refractivity contribution in [3.63, 3.8) is 0 Å². The summed E-state index contributed by atoms with van der Waals surface area (Å²) in [6.07, 6.45) is 1.59. The lowest BCUT2D eigenvalue weighted by atomic mass is 10.3. The maximum atomic E-state index is 10.6. The minimum Gasteiger partial charge on any atom is -0.544 e. The number of carboxylic acids is 1. The summed E-state index contributed by atoms with van der Waals surface area (Å²) in [5.41, 5.74) is 5.83. The molecule has 2 N–H and O–H groups in total. The molecule has 0 aliphatic heterocycles. The number of pyridine rings is 1. The van der Waals surface area contributed by atoms with Gasteiger partial charge in [-0.25, -0.2) is 4.98 Å². The second-order valence-electron chi connectivity index (χ2n) is 2.49. The smallest absolute Gasteiger partial charge is 0.126 e. The fourth-order valence-electron chi connectivity index (χ4n) is 1.10. The Kier molecular flexibility index (Phi) is 1.66. The molecule has 5 heteroatoms. The van der Waals surface area contributed by atoms with Gasteiger partial charge in [0.15, 0.2) is 0 Å². The van der Waals surface area contributed by atoms with Gasteiger partial charge in [0.1, 0.15) is 4.83 Å². The lowest BCUT2D eigenvalue weighted by Crippen LogP contribution is -2.21. The molecule has 2 rings (SSSR count). The summed E-state index contributed by atoms with van der Waals surface area (Å²) < 4.78 is 0. The molecule has 0 saturated carbocycles. The maximum absolute atomic E-state index is 10.6. The molecular formula is C8H5N2O2S-. The van der Waals surface area contributed by atoms with Crippen LogP contribution in [0.15, 0.2) is 18.3 Å². The number of carbonyl (C=O) groups is 1. The van der Waals surface area contributed by atoms with Crippen LogP contribution < -0.4 is 10.8 Å². The first kappa shape index (κ1) is 8.00. The van der Waals surface area contributed by atoms with Crippen molar-refractivity contribution in [3.05, 3.63) is 23.2 Å². The molecule has 66 valence electrons. The van der Waals surface area contributed by atoms with Gasteiger partial charge in [-0.1, -0.05) is 0 Å². The van der Waals surface area contributed by atoms with Gasteiger partial charge in [-0.15, -0.1) is 11.3 Å². The van der Waals surface area contributed by atoms with E-state index < -0.39 is 5.97 Å². The molecule has 0 amide bonds. The van der Waals surface area contributed by atoms with Gasteiger partial charge in [0, 0.05) is 11.6 Å². The molecule has 2 aromatic heterocycles. The minimum absolute atomic E-state index is 0.0497. The Hall–Kier alpha value is -1.62. The number of thiophene rings is 1. The number of fused-ring (bicyclic) bond motifs is 1. The second-order valence-corrected chi connectivity index (χ2v) is 3.49. The molecule has 0 saturated heterocycles. The zero-order valence-corrected chi connectivity index (χ0v) is 7.30. The predicted octanol–water partition coefficient (Wildman–Crippen LogP) is 0.242. The van der Waals surface area contributed by atoms with Gasteiger partial charge < -0.3 is 15.6 Å². The van der Waals surface area contributed by atoms with E-state index in [-0.39, 0.29) is 10.6 Å². The number of hydrogen-bond donors (Lipinski definition) is 1. The van der Waals surface area contributed by atoms with Crippen LogP contribution in [0.5, 0.6) is 0 Å². The Balaban J connectivity index is 2.81. The molecular weight excluding hydrogens is 188 g/mol. The SMILES string of the molecule is Nc1c(C(=O)[O-])sc2ncccc12. The zero-order chi connectivity index (χ0) is 9.42. The van der Waals surface area contributed by atoms with Gasteiger partial charge in [-0.3, -0.25) is 0 Å². The number of carboxylic acid groups (broad SMARTS) is 1. The third kappa shape index (κ3) is 1.13. The summed E-state index contributed by atoms with van der Waals surface area (Å²) in [6, 6.07) is 3.45. The first-order chi connectivity index (χ1) is 6.20. The van der Waals surface area contributed by atoms with Gasteiger partial charge in [0.2, 0.25) is 0 Å². The summed E-state index contributed by atoms with van der Waals surface area (Å²) in [6.45, 7) is 0. The quantitative estimate of drug-likeness (QED) is 0.703. The molecule has 0 fully saturated rings. The number of aromatic carboxylic acids is 1. The molecule has 0 atom stereocenters. The fraction of sp³-hybridized carbons (Fsp3) is 0. The summed E-state index contributed by atoms with van der Waals surface area (Å²) in [5, 5.41) is 11.3. The van der Waals surface area contributed by atoms with Crippen molar-refractivity contribution in [1.29, 1.82) is 0 Å². The Morgan fingerprint density at radius 3 is 3.00 bits per heavy atom. The molecule has 2 heterocycles. The lowest BCUT2D eigenvalue weighted by molar-refractivity contribution is -0.254. The van der Waals surface area contributed by atoms with Crippen LogP contribution in [-0.4, -0.2) is 11.0 Å². The van der Waals surface area contributed by atoms with E-state index >= 15 is 0 Å². The topological polar surface area (TPSA) is 79.0 Å². The number of carbonyl (C=O) groups excluding carboxylic acids is 1. The molecule has 0 spiro atoms. The highest BCUT2D eigenvalue weighted by Gasteiger charge is 2.09. The van der Waals surface area contributed by atoms with Crippen molar-refractivity contribution in [1.82, 2.24) is 4.98 Å². The first-order valence-electron chi connectivity index (χ1n) is 3.54. The predicted molar refractivity (Wildman–Crippen MR) is 48.4 cm³/mol. The number of nitrogen functional groups attached to an aromatic ring is 1. The highest BCUT2D eigenvalue weighted by atomic mass is 32.1. The lowest BCUT2D eigenvalue weighted by Gasteiger charge is -1.97. The molecule has 0 radical (unpaired) electrons. The highest BCUT2D eigenvalue weighted by Crippen LogP contribution is 2.30. The Morgan fingerprint density at radius 2 is 2.38 bits per heavy atom. The van der Waals surface area contributed by atoms with Crippen molar-refractivity contribution >= 4 is 33.2 Å². The van der Waals surface area contributed by atoms with E-state index in [1.165, 1.54) is 0 Å². The van der Waals surface area contributed by atoms with E-state index in [2.05, 4.69) is 4.98 Å². The maximum Gasteiger partial charge on any atom is 0.126 e. The van der Waals surface area contributed by atoms with Crippen LogP contribution in [0.25, 0.3) is 10.2 Å². The van der Waals surface area contributed by atoms with Crippen LogP contribution >= 0.6 is 11.3 Å². The molecule has 4 nitrogen and oxygen atoms in total. The van der Waals surface area contributed by atoms with E-state index in [4.69, 9.17) is 5.73 Å². The van der Waals surface area contributed by atoms with E-state index in [9.17, 15) is 9.90 Å². The van der Waals surface area contributed by atoms with Crippen LogP contribution in [0.3, 0.4) is 0 Å². The number of aromatic nitrogens is 1. The van der Waals surface area contributed by atoms with Crippen LogP contribution in [-0.2, 0) is 0 Å². The largest absolute Gasteiger partial charge is 0.544 e. The molecule has 2 aromatic rings. The van der Waals surface area contributed by atoms with Crippen molar-refractivity contribution in [2.45, 2.75) is 0 Å². The van der Waals surface area contributed by atoms with Crippen LogP contribution in [0.2, 0.25) is 0 Å². The first-order valence-corrected chi connectivity index (χ1v) is 4.36. The third-order valence-corrected chi connectivity index (χ3v) is 2.80. The summed E-state index contributed by atoms with van der Waals surface area (Å²) in [4.78, 5) is 15.2. The fourth-order valence-corrected chi connectivity index (χ4v) is 2.00. The molecule has 0 aliphatic rings. The van der Waals surface area contributed by atoms with Crippen LogP contribution in [0, 0.1) is 0 Å². The molecule has 0 unspecified atom stereocenters. The van der Waals surface area contributed by atoms with Crippen LogP contribution in [0.4, 0.5) is 5.69 Å². The number of anilines is 1. The standard InChI is InChI=1S/C8H6N2O2S/c9-5-4-2-1-3-10-7(4)13-6(5)8(11)12/h1-3H,9H2,(H,11,12)/p-1. The number of nitrogens with two attached hydrogens (primary N) is 1. The molecule has 13 heavy (non-hydrogen) atoms. The average molecular weight is 193 g/mol. The number of nitrogens with zero attached hydrogens (tertiary/aromatic N) is 1. The summed E-state index contributed by atoms with van der Waals surface area (Å²) >= 11 is 1.03. The van der Waals surface area contributed by atoms with Gasteiger partial charge in [0.25, 0.3) is 0 Å². The number of rotatable bonds is 1. The highest BCUT2D eigenvalue weighted by molar-refractivity contribution is 7.21. The van der Waals surface area contributed by atoms with Crippen molar-refractivity contribution in [2.75, 3.05) is 5.73 Å². The van der Waals surface area contributed by atoms with Gasteiger partial charge >= 0.3 is 0 Å². The third-order valence-electron chi connectivity index (χ3n) is 1.69. The Bertz CT molecular complexity index is 478. The zero-order valence-electron chi connectivity index (χ0n) is 6.48. The van der Waals surface area contributed by atoms with Gasteiger partial charge in [0.05, 0.1) is 16.5 Å². The second kappa shape index (κ2) is 2.70. The minimum atomic E-state index is -1.25. The van der Waals surface area contributed by atoms with E-state index in [0.29, 0.717) is 10.2 Å². The molecule has 0 aromatic carbocycles. The van der Waals surface area contributed by atoms with Crippen molar-refractivity contribution in [2.24, 2.45) is 0 Å². The van der Waals surface area contributed by atoms with Gasteiger partial charge in [-0.2, -0.15) is 0 Å². The molecule has 0 bridgehead atoms. The van der Waals surface area contributed by atoms with Crippen LogP contribution in [0.1, 0.15) is 9.67 Å². The summed E-state index contributed by atoms with van der Waals surface area (Å²) in [7, 11) is 0. The summed E-state index contributed by atoms with van der Waals surface area (Å²) in [5.74, 6) is -1.25. The molecule has 0 aliphatic carbocycles.